The van der Waals surface area contributed by atoms with Gasteiger partial charge in [0.15, 0.2) is 0 Å². The highest BCUT2D eigenvalue weighted by Gasteiger charge is 2.28. The van der Waals surface area contributed by atoms with Crippen molar-refractivity contribution < 1.29 is 9.90 Å². The summed E-state index contributed by atoms with van der Waals surface area (Å²) < 4.78 is 0. The molecule has 3 fully saturated rings. The molecule has 0 bridgehead atoms. The number of aliphatic hydroxyl groups is 1. The molecule has 1 aromatic heterocycles. The largest absolute Gasteiger partial charge is 0.391 e. The van der Waals surface area contributed by atoms with E-state index in [1.54, 1.807) is 6.20 Å². The van der Waals surface area contributed by atoms with E-state index in [2.05, 4.69) is 20.2 Å². The van der Waals surface area contributed by atoms with Gasteiger partial charge in [0.1, 0.15) is 5.82 Å². The first-order valence-electron chi connectivity index (χ1n) is 10.3. The SMILES string of the molecule is O=C(N1CCCC1)N1CCC(Nc2nccc(N3CCCC(O)C3)n2)CC1. The Morgan fingerprint density at radius 2 is 1.78 bits per heavy atom. The second-order valence-electron chi connectivity index (χ2n) is 7.86. The number of piperidine rings is 2. The Labute approximate surface area is 160 Å². The number of anilines is 2. The van der Waals surface area contributed by atoms with Gasteiger partial charge in [0, 0.05) is 51.5 Å². The summed E-state index contributed by atoms with van der Waals surface area (Å²) in [5, 5.41) is 13.3. The van der Waals surface area contributed by atoms with Crippen molar-refractivity contribution in [1.82, 2.24) is 19.8 Å². The average molecular weight is 374 g/mol. The number of aromatic nitrogens is 2. The fourth-order valence-corrected chi connectivity index (χ4v) is 4.26. The number of aliphatic hydroxyl groups excluding tert-OH is 1. The third-order valence-electron chi connectivity index (χ3n) is 5.84. The summed E-state index contributed by atoms with van der Waals surface area (Å²) in [5.41, 5.74) is 0. The maximum absolute atomic E-state index is 12.5. The molecule has 8 heteroatoms. The van der Waals surface area contributed by atoms with Crippen LogP contribution in [0.5, 0.6) is 0 Å². The maximum Gasteiger partial charge on any atom is 0.319 e. The van der Waals surface area contributed by atoms with Gasteiger partial charge in [-0.15, -0.1) is 0 Å². The highest BCUT2D eigenvalue weighted by molar-refractivity contribution is 5.74. The van der Waals surface area contributed by atoms with E-state index >= 15 is 0 Å². The Balaban J connectivity index is 1.30. The van der Waals surface area contributed by atoms with Gasteiger partial charge >= 0.3 is 6.03 Å². The number of nitrogens with zero attached hydrogens (tertiary/aromatic N) is 5. The van der Waals surface area contributed by atoms with Gasteiger partial charge in [-0.05, 0) is 44.6 Å². The van der Waals surface area contributed by atoms with Crippen molar-refractivity contribution in [2.45, 2.75) is 50.7 Å². The van der Waals surface area contributed by atoms with Crippen molar-refractivity contribution in [2.24, 2.45) is 0 Å². The zero-order valence-corrected chi connectivity index (χ0v) is 15.9. The van der Waals surface area contributed by atoms with Crippen molar-refractivity contribution in [1.29, 1.82) is 0 Å². The molecule has 3 saturated heterocycles. The van der Waals surface area contributed by atoms with Crippen LogP contribution in [0.15, 0.2) is 12.3 Å². The molecule has 0 spiro atoms. The number of nitrogens with one attached hydrogen (secondary N) is 1. The first kappa shape index (κ1) is 18.3. The van der Waals surface area contributed by atoms with E-state index in [4.69, 9.17) is 0 Å². The standard InChI is InChI=1S/C19H30N6O2/c26-16-4-3-11-25(14-16)17-5-8-20-18(22-17)21-15-6-12-24(13-7-15)19(27)23-9-1-2-10-23/h5,8,15-16,26H,1-4,6-7,9-14H2,(H,20,21,22). The van der Waals surface area contributed by atoms with Crippen LogP contribution in [0.1, 0.15) is 38.5 Å². The molecule has 4 heterocycles. The average Bonchev–Trinajstić information content (AvgIpc) is 3.23. The second-order valence-corrected chi connectivity index (χ2v) is 7.86. The quantitative estimate of drug-likeness (QED) is 0.835. The molecule has 0 aliphatic carbocycles. The molecular formula is C19H30N6O2. The minimum atomic E-state index is -0.275. The number of urea groups is 1. The molecule has 1 aromatic rings. The zero-order chi connectivity index (χ0) is 18.6. The summed E-state index contributed by atoms with van der Waals surface area (Å²) >= 11 is 0. The molecule has 27 heavy (non-hydrogen) atoms. The number of hydrogen-bond acceptors (Lipinski definition) is 6. The van der Waals surface area contributed by atoms with Crippen molar-refractivity contribution in [3.05, 3.63) is 12.3 Å². The third kappa shape index (κ3) is 4.43. The predicted molar refractivity (Wildman–Crippen MR) is 104 cm³/mol. The highest BCUT2D eigenvalue weighted by atomic mass is 16.3. The first-order chi connectivity index (χ1) is 13.2. The number of β-amino-alcohol motifs (C(OH)–C–C–N with tert-alkyl or cyclic N) is 1. The number of likely N-dealkylation sites (tertiary alicyclic amines) is 2. The van der Waals surface area contributed by atoms with Crippen LogP contribution in [0, 0.1) is 0 Å². The van der Waals surface area contributed by atoms with E-state index in [9.17, 15) is 9.90 Å². The maximum atomic E-state index is 12.5. The molecule has 4 rings (SSSR count). The molecule has 1 atom stereocenters. The van der Waals surface area contributed by atoms with Crippen LogP contribution in [-0.2, 0) is 0 Å². The Hall–Kier alpha value is -2.09. The number of carbonyl (C=O) groups excluding carboxylic acids is 1. The van der Waals surface area contributed by atoms with Crippen LogP contribution in [0.2, 0.25) is 0 Å². The summed E-state index contributed by atoms with van der Waals surface area (Å²) in [7, 11) is 0. The number of hydrogen-bond donors (Lipinski definition) is 2. The Kier molecular flexibility index (Phi) is 5.61. The molecule has 3 aliphatic heterocycles. The molecule has 0 radical (unpaired) electrons. The lowest BCUT2D eigenvalue weighted by atomic mass is 10.1. The fourth-order valence-electron chi connectivity index (χ4n) is 4.26. The van der Waals surface area contributed by atoms with Crippen molar-refractivity contribution >= 4 is 17.8 Å². The topological polar surface area (TPSA) is 84.8 Å². The van der Waals surface area contributed by atoms with Crippen LogP contribution < -0.4 is 10.2 Å². The van der Waals surface area contributed by atoms with Crippen LogP contribution in [-0.4, -0.2) is 82.3 Å². The number of rotatable bonds is 3. The summed E-state index contributed by atoms with van der Waals surface area (Å²) in [6, 6.07) is 2.39. The molecule has 0 aromatic carbocycles. The van der Waals surface area contributed by atoms with Gasteiger partial charge in [-0.3, -0.25) is 0 Å². The Bertz CT molecular complexity index is 643. The van der Waals surface area contributed by atoms with Gasteiger partial charge in [0.05, 0.1) is 6.10 Å². The van der Waals surface area contributed by atoms with Crippen LogP contribution >= 0.6 is 0 Å². The number of amides is 2. The molecule has 8 nitrogen and oxygen atoms in total. The van der Waals surface area contributed by atoms with Crippen molar-refractivity contribution in [2.75, 3.05) is 49.5 Å². The van der Waals surface area contributed by atoms with Gasteiger partial charge < -0.3 is 25.1 Å². The van der Waals surface area contributed by atoms with Crippen LogP contribution in [0.3, 0.4) is 0 Å². The molecule has 2 N–H and O–H groups in total. The number of carbonyl (C=O) groups is 1. The van der Waals surface area contributed by atoms with E-state index in [-0.39, 0.29) is 18.2 Å². The fraction of sp³-hybridized carbons (Fsp3) is 0.737. The van der Waals surface area contributed by atoms with Crippen molar-refractivity contribution in [3.8, 4) is 0 Å². The highest BCUT2D eigenvalue weighted by Crippen LogP contribution is 2.21. The predicted octanol–water partition coefficient (Wildman–Crippen LogP) is 1.53. The minimum Gasteiger partial charge on any atom is -0.391 e. The van der Waals surface area contributed by atoms with E-state index in [1.165, 1.54) is 0 Å². The van der Waals surface area contributed by atoms with Gasteiger partial charge in [-0.25, -0.2) is 9.78 Å². The molecule has 148 valence electrons. The third-order valence-corrected chi connectivity index (χ3v) is 5.84. The summed E-state index contributed by atoms with van der Waals surface area (Å²) in [4.78, 5) is 27.6. The zero-order valence-electron chi connectivity index (χ0n) is 15.9. The van der Waals surface area contributed by atoms with Crippen molar-refractivity contribution in [3.63, 3.8) is 0 Å². The van der Waals surface area contributed by atoms with Gasteiger partial charge in [0.25, 0.3) is 0 Å². The first-order valence-corrected chi connectivity index (χ1v) is 10.3. The smallest absolute Gasteiger partial charge is 0.319 e. The normalized spacial score (nSPS) is 24.3. The lowest BCUT2D eigenvalue weighted by Gasteiger charge is -2.35. The molecule has 2 amide bonds. The van der Waals surface area contributed by atoms with E-state index in [1.807, 2.05) is 15.9 Å². The summed E-state index contributed by atoms with van der Waals surface area (Å²) in [5.74, 6) is 1.50. The molecular weight excluding hydrogens is 344 g/mol. The lowest BCUT2D eigenvalue weighted by Crippen LogP contribution is -2.47. The van der Waals surface area contributed by atoms with Gasteiger partial charge in [-0.2, -0.15) is 4.98 Å². The van der Waals surface area contributed by atoms with E-state index in [0.717, 1.165) is 77.1 Å². The van der Waals surface area contributed by atoms with E-state index < -0.39 is 0 Å². The monoisotopic (exact) mass is 374 g/mol. The molecule has 3 aliphatic rings. The second kappa shape index (κ2) is 8.29. The molecule has 1 unspecified atom stereocenters. The van der Waals surface area contributed by atoms with Crippen LogP contribution in [0.4, 0.5) is 16.6 Å². The lowest BCUT2D eigenvalue weighted by molar-refractivity contribution is 0.150. The van der Waals surface area contributed by atoms with Crippen LogP contribution in [0.25, 0.3) is 0 Å². The van der Waals surface area contributed by atoms with Gasteiger partial charge in [-0.1, -0.05) is 0 Å². The summed E-state index contributed by atoms with van der Waals surface area (Å²) in [6.07, 6.45) is 7.43. The summed E-state index contributed by atoms with van der Waals surface area (Å²) in [6.45, 7) is 4.93. The Morgan fingerprint density at radius 1 is 1.04 bits per heavy atom. The Morgan fingerprint density at radius 3 is 2.52 bits per heavy atom. The molecule has 0 saturated carbocycles. The van der Waals surface area contributed by atoms with Gasteiger partial charge in [0.2, 0.25) is 5.95 Å². The van der Waals surface area contributed by atoms with E-state index in [0.29, 0.717) is 12.5 Å². The minimum absolute atomic E-state index is 0.202.